The molecule has 5 heteroatoms. The Bertz CT molecular complexity index is 775. The number of esters is 1. The maximum atomic E-state index is 12.0. The van der Waals surface area contributed by atoms with Gasteiger partial charge in [-0.2, -0.15) is 0 Å². The van der Waals surface area contributed by atoms with Crippen LogP contribution < -0.4 is 10.6 Å². The van der Waals surface area contributed by atoms with Gasteiger partial charge in [0.1, 0.15) is 0 Å². The number of ether oxygens (including phenoxy) is 1. The summed E-state index contributed by atoms with van der Waals surface area (Å²) in [6.07, 6.45) is 0.966. The summed E-state index contributed by atoms with van der Waals surface area (Å²) < 4.78 is 5.08. The minimum Gasteiger partial charge on any atom is -0.462 e. The fourth-order valence-corrected chi connectivity index (χ4v) is 3.10. The SMILES string of the molecule is CCOC(=O)c1ccc(C)c(NC(=S)NC(CC(C)C)c2ccccc2)c1. The van der Waals surface area contributed by atoms with Crippen LogP contribution in [-0.2, 0) is 4.74 Å². The molecule has 0 aliphatic heterocycles. The molecule has 0 fully saturated rings. The van der Waals surface area contributed by atoms with E-state index in [2.05, 4.69) is 36.6 Å². The van der Waals surface area contributed by atoms with Gasteiger partial charge >= 0.3 is 5.97 Å². The van der Waals surface area contributed by atoms with Crippen LogP contribution in [0.25, 0.3) is 0 Å². The summed E-state index contributed by atoms with van der Waals surface area (Å²) >= 11 is 5.55. The third-order valence-electron chi connectivity index (χ3n) is 4.21. The van der Waals surface area contributed by atoms with Gasteiger partial charge in [-0.3, -0.25) is 0 Å². The first-order valence-electron chi connectivity index (χ1n) is 9.31. The summed E-state index contributed by atoms with van der Waals surface area (Å²) in [6, 6.07) is 15.9. The average Bonchev–Trinajstić information content (AvgIpc) is 2.63. The highest BCUT2D eigenvalue weighted by Crippen LogP contribution is 2.22. The molecule has 0 aliphatic rings. The topological polar surface area (TPSA) is 50.4 Å². The van der Waals surface area contributed by atoms with Gasteiger partial charge in [0.2, 0.25) is 0 Å². The number of hydrogen-bond donors (Lipinski definition) is 2. The van der Waals surface area contributed by atoms with Crippen LogP contribution in [0.2, 0.25) is 0 Å². The predicted octanol–water partition coefficient (Wildman–Crippen LogP) is 5.25. The van der Waals surface area contributed by atoms with Crippen LogP contribution in [0.4, 0.5) is 5.69 Å². The first-order valence-corrected chi connectivity index (χ1v) is 9.71. The van der Waals surface area contributed by atoms with Crippen molar-refractivity contribution in [3.05, 3.63) is 65.2 Å². The summed E-state index contributed by atoms with van der Waals surface area (Å²) in [5, 5.41) is 7.19. The lowest BCUT2D eigenvalue weighted by Crippen LogP contribution is -2.33. The van der Waals surface area contributed by atoms with E-state index < -0.39 is 0 Å². The lowest BCUT2D eigenvalue weighted by Gasteiger charge is -2.23. The van der Waals surface area contributed by atoms with Gasteiger partial charge in [0.15, 0.2) is 5.11 Å². The molecule has 0 saturated heterocycles. The summed E-state index contributed by atoms with van der Waals surface area (Å²) in [4.78, 5) is 12.0. The number of nitrogens with one attached hydrogen (secondary N) is 2. The van der Waals surface area contributed by atoms with Crippen molar-refractivity contribution in [2.75, 3.05) is 11.9 Å². The molecule has 0 heterocycles. The van der Waals surface area contributed by atoms with Crippen molar-refractivity contribution < 1.29 is 9.53 Å². The lowest BCUT2D eigenvalue weighted by molar-refractivity contribution is 0.0526. The molecule has 27 heavy (non-hydrogen) atoms. The molecular weight excluding hydrogens is 356 g/mol. The zero-order chi connectivity index (χ0) is 19.8. The Morgan fingerprint density at radius 1 is 1.15 bits per heavy atom. The number of benzene rings is 2. The van der Waals surface area contributed by atoms with E-state index in [1.165, 1.54) is 5.56 Å². The van der Waals surface area contributed by atoms with Crippen molar-refractivity contribution in [1.29, 1.82) is 0 Å². The first-order chi connectivity index (χ1) is 12.9. The molecule has 2 aromatic rings. The Hall–Kier alpha value is -2.40. The van der Waals surface area contributed by atoms with Gasteiger partial charge in [-0.25, -0.2) is 4.79 Å². The second-order valence-electron chi connectivity index (χ2n) is 6.94. The molecule has 144 valence electrons. The maximum Gasteiger partial charge on any atom is 0.338 e. The molecular formula is C22H28N2O2S. The summed E-state index contributed by atoms with van der Waals surface area (Å²) in [7, 11) is 0. The number of carbonyl (C=O) groups excluding carboxylic acids is 1. The smallest absolute Gasteiger partial charge is 0.338 e. The Balaban J connectivity index is 2.13. The highest BCUT2D eigenvalue weighted by molar-refractivity contribution is 7.80. The quantitative estimate of drug-likeness (QED) is 0.505. The van der Waals surface area contributed by atoms with Gasteiger partial charge in [-0.1, -0.05) is 50.2 Å². The van der Waals surface area contributed by atoms with Crippen LogP contribution in [0.1, 0.15) is 54.7 Å². The fourth-order valence-electron chi connectivity index (χ4n) is 2.85. The Morgan fingerprint density at radius 3 is 2.48 bits per heavy atom. The number of rotatable bonds is 7. The molecule has 0 amide bonds. The highest BCUT2D eigenvalue weighted by atomic mass is 32.1. The van der Waals surface area contributed by atoms with Crippen LogP contribution in [-0.4, -0.2) is 17.7 Å². The first kappa shape index (κ1) is 20.9. The van der Waals surface area contributed by atoms with Crippen LogP contribution in [0.15, 0.2) is 48.5 Å². The summed E-state index contributed by atoms with van der Waals surface area (Å²) in [6.45, 7) is 8.51. The maximum absolute atomic E-state index is 12.0. The predicted molar refractivity (Wildman–Crippen MR) is 115 cm³/mol. The molecule has 0 aliphatic carbocycles. The van der Waals surface area contributed by atoms with Gasteiger partial charge in [-0.05, 0) is 61.7 Å². The Labute approximate surface area is 167 Å². The number of thiocarbonyl (C=S) groups is 1. The minimum absolute atomic E-state index is 0.125. The number of carbonyl (C=O) groups is 1. The second-order valence-corrected chi connectivity index (χ2v) is 7.35. The van der Waals surface area contributed by atoms with E-state index in [0.29, 0.717) is 23.2 Å². The van der Waals surface area contributed by atoms with Crippen molar-refractivity contribution in [3.63, 3.8) is 0 Å². The third kappa shape index (κ3) is 6.36. The van der Waals surface area contributed by atoms with Crippen LogP contribution in [0.5, 0.6) is 0 Å². The third-order valence-corrected chi connectivity index (χ3v) is 4.43. The van der Waals surface area contributed by atoms with E-state index in [4.69, 9.17) is 17.0 Å². The molecule has 0 saturated carbocycles. The van der Waals surface area contributed by atoms with Crippen LogP contribution >= 0.6 is 12.2 Å². The van der Waals surface area contributed by atoms with Gasteiger partial charge in [0.25, 0.3) is 0 Å². The van der Waals surface area contributed by atoms with E-state index in [1.807, 2.05) is 31.2 Å². The number of aryl methyl sites for hydroxylation is 1. The lowest BCUT2D eigenvalue weighted by atomic mass is 9.97. The summed E-state index contributed by atoms with van der Waals surface area (Å²) in [5.74, 6) is 0.195. The van der Waals surface area contributed by atoms with E-state index in [0.717, 1.165) is 17.7 Å². The van der Waals surface area contributed by atoms with Gasteiger partial charge in [-0.15, -0.1) is 0 Å². The van der Waals surface area contributed by atoms with Gasteiger partial charge in [0, 0.05) is 5.69 Å². The van der Waals surface area contributed by atoms with Crippen molar-refractivity contribution in [1.82, 2.24) is 5.32 Å². The zero-order valence-corrected chi connectivity index (χ0v) is 17.2. The normalized spacial score (nSPS) is 11.7. The molecule has 1 unspecified atom stereocenters. The monoisotopic (exact) mass is 384 g/mol. The van der Waals surface area contributed by atoms with E-state index in [-0.39, 0.29) is 12.0 Å². The molecule has 2 rings (SSSR count). The molecule has 0 bridgehead atoms. The van der Waals surface area contributed by atoms with Crippen molar-refractivity contribution in [3.8, 4) is 0 Å². The molecule has 2 aromatic carbocycles. The molecule has 0 spiro atoms. The van der Waals surface area contributed by atoms with Gasteiger partial charge < -0.3 is 15.4 Å². The zero-order valence-electron chi connectivity index (χ0n) is 16.4. The summed E-state index contributed by atoms with van der Waals surface area (Å²) in [5.41, 5.74) is 3.52. The van der Waals surface area contributed by atoms with Crippen molar-refractivity contribution in [2.45, 2.75) is 40.2 Å². The standard InChI is InChI=1S/C22H28N2O2S/c1-5-26-21(25)18-12-11-16(4)19(14-18)23-22(27)24-20(13-15(2)3)17-9-7-6-8-10-17/h6-12,14-15,20H,5,13H2,1-4H3,(H2,23,24,27). The number of hydrogen-bond acceptors (Lipinski definition) is 3. The molecule has 1 atom stereocenters. The molecule has 0 aromatic heterocycles. The van der Waals surface area contributed by atoms with E-state index >= 15 is 0 Å². The van der Waals surface area contributed by atoms with Crippen molar-refractivity contribution in [2.24, 2.45) is 5.92 Å². The second kappa shape index (κ2) is 10.1. The van der Waals surface area contributed by atoms with Crippen LogP contribution in [0.3, 0.4) is 0 Å². The fraction of sp³-hybridized carbons (Fsp3) is 0.364. The van der Waals surface area contributed by atoms with E-state index in [1.54, 1.807) is 19.1 Å². The van der Waals surface area contributed by atoms with E-state index in [9.17, 15) is 4.79 Å². The number of anilines is 1. The Kier molecular flexibility index (Phi) is 7.80. The Morgan fingerprint density at radius 2 is 1.85 bits per heavy atom. The molecule has 0 radical (unpaired) electrons. The van der Waals surface area contributed by atoms with Gasteiger partial charge in [0.05, 0.1) is 18.2 Å². The average molecular weight is 385 g/mol. The largest absolute Gasteiger partial charge is 0.462 e. The van der Waals surface area contributed by atoms with Crippen LogP contribution in [0, 0.1) is 12.8 Å². The highest BCUT2D eigenvalue weighted by Gasteiger charge is 2.15. The molecule has 4 nitrogen and oxygen atoms in total. The molecule has 2 N–H and O–H groups in total. The van der Waals surface area contributed by atoms with Crippen molar-refractivity contribution >= 4 is 29.0 Å². The minimum atomic E-state index is -0.332.